The van der Waals surface area contributed by atoms with Crippen LogP contribution >= 0.6 is 11.5 Å². The highest BCUT2D eigenvalue weighted by atomic mass is 32.2. The number of rotatable bonds is 2. The number of hydrogen-bond donors (Lipinski definition) is 0. The lowest BCUT2D eigenvalue weighted by Crippen LogP contribution is -1.95. The zero-order chi connectivity index (χ0) is 10.2. The van der Waals surface area contributed by atoms with Gasteiger partial charge in [0.05, 0.1) is 6.26 Å². The highest BCUT2D eigenvalue weighted by Crippen LogP contribution is 2.20. The van der Waals surface area contributed by atoms with E-state index in [2.05, 4.69) is 9.36 Å². The van der Waals surface area contributed by atoms with Crippen molar-refractivity contribution < 1.29 is 12.8 Å². The minimum absolute atomic E-state index is 0.00361. The van der Waals surface area contributed by atoms with Gasteiger partial charge in [-0.25, -0.2) is 13.4 Å². The van der Waals surface area contributed by atoms with E-state index in [0.29, 0.717) is 11.6 Å². The monoisotopic (exact) mass is 230 g/mol. The van der Waals surface area contributed by atoms with Crippen molar-refractivity contribution in [1.29, 1.82) is 0 Å². The SMILES string of the molecule is CS(=O)(=O)c1nc(-c2ccco2)ns1. The Morgan fingerprint density at radius 2 is 2.29 bits per heavy atom. The summed E-state index contributed by atoms with van der Waals surface area (Å²) in [7, 11) is -3.27. The normalized spacial score (nSPS) is 11.8. The van der Waals surface area contributed by atoms with Crippen LogP contribution in [0, 0.1) is 0 Å². The first-order chi connectivity index (χ1) is 6.57. The predicted molar refractivity (Wildman–Crippen MR) is 50.7 cm³/mol. The molecule has 2 rings (SSSR count). The van der Waals surface area contributed by atoms with E-state index in [1.807, 2.05) is 0 Å². The average Bonchev–Trinajstić information content (AvgIpc) is 2.73. The Morgan fingerprint density at radius 1 is 1.50 bits per heavy atom. The van der Waals surface area contributed by atoms with Gasteiger partial charge >= 0.3 is 0 Å². The molecule has 0 aliphatic rings. The number of sulfone groups is 1. The van der Waals surface area contributed by atoms with Gasteiger partial charge < -0.3 is 4.42 Å². The maximum atomic E-state index is 11.1. The lowest BCUT2D eigenvalue weighted by Gasteiger charge is -1.86. The maximum absolute atomic E-state index is 11.1. The Morgan fingerprint density at radius 3 is 2.79 bits per heavy atom. The summed E-state index contributed by atoms with van der Waals surface area (Å²) in [6.07, 6.45) is 2.58. The topological polar surface area (TPSA) is 73.1 Å². The lowest BCUT2D eigenvalue weighted by atomic mass is 10.4. The van der Waals surface area contributed by atoms with Gasteiger partial charge in [-0.3, -0.25) is 0 Å². The van der Waals surface area contributed by atoms with Gasteiger partial charge in [-0.1, -0.05) is 0 Å². The van der Waals surface area contributed by atoms with Crippen molar-refractivity contribution in [2.75, 3.05) is 6.26 Å². The fourth-order valence-corrected chi connectivity index (χ4v) is 2.19. The minimum atomic E-state index is -3.27. The van der Waals surface area contributed by atoms with Gasteiger partial charge in [0.15, 0.2) is 5.76 Å². The van der Waals surface area contributed by atoms with Crippen LogP contribution in [0.25, 0.3) is 11.6 Å². The van der Waals surface area contributed by atoms with Gasteiger partial charge in [-0.05, 0) is 23.7 Å². The van der Waals surface area contributed by atoms with Gasteiger partial charge in [0, 0.05) is 6.26 Å². The van der Waals surface area contributed by atoms with Crippen molar-refractivity contribution in [3.05, 3.63) is 18.4 Å². The zero-order valence-electron chi connectivity index (χ0n) is 7.17. The molecule has 0 fully saturated rings. The van der Waals surface area contributed by atoms with Crippen molar-refractivity contribution >= 4 is 21.4 Å². The van der Waals surface area contributed by atoms with E-state index >= 15 is 0 Å². The van der Waals surface area contributed by atoms with Crippen molar-refractivity contribution in [2.45, 2.75) is 4.34 Å². The van der Waals surface area contributed by atoms with Crippen LogP contribution in [0.1, 0.15) is 0 Å². The Balaban J connectivity index is 2.46. The summed E-state index contributed by atoms with van der Waals surface area (Å²) in [5, 5.41) is 0. The first-order valence-corrected chi connectivity index (χ1v) is 6.31. The molecular weight excluding hydrogens is 224 g/mol. The molecule has 0 saturated carbocycles. The molecular formula is C7H6N2O3S2. The van der Waals surface area contributed by atoms with Gasteiger partial charge in [0.2, 0.25) is 20.0 Å². The summed E-state index contributed by atoms with van der Waals surface area (Å²) >= 11 is 0.846. The fraction of sp³-hybridized carbons (Fsp3) is 0.143. The standard InChI is InChI=1S/C7H6N2O3S2/c1-14(10,11)7-8-6(9-13-7)5-3-2-4-12-5/h2-4H,1H3. The third-order valence-corrected chi connectivity index (χ3v) is 3.84. The molecule has 0 atom stereocenters. The average molecular weight is 230 g/mol. The molecule has 0 radical (unpaired) electrons. The molecule has 0 aliphatic heterocycles. The summed E-state index contributed by atoms with van der Waals surface area (Å²) in [5.74, 6) is 0.775. The van der Waals surface area contributed by atoms with Crippen molar-refractivity contribution in [3.8, 4) is 11.6 Å². The molecule has 0 amide bonds. The molecule has 0 aliphatic carbocycles. The third-order valence-electron chi connectivity index (χ3n) is 1.47. The van der Waals surface area contributed by atoms with E-state index in [9.17, 15) is 8.42 Å². The van der Waals surface area contributed by atoms with Crippen LogP contribution in [0.5, 0.6) is 0 Å². The molecule has 5 nitrogen and oxygen atoms in total. The second-order valence-electron chi connectivity index (χ2n) is 2.63. The van der Waals surface area contributed by atoms with Crippen LogP contribution in [0.2, 0.25) is 0 Å². The summed E-state index contributed by atoms with van der Waals surface area (Å²) in [6.45, 7) is 0. The summed E-state index contributed by atoms with van der Waals surface area (Å²) in [4.78, 5) is 3.85. The molecule has 74 valence electrons. The molecule has 0 bridgehead atoms. The zero-order valence-corrected chi connectivity index (χ0v) is 8.80. The van der Waals surface area contributed by atoms with Crippen LogP contribution in [0.3, 0.4) is 0 Å². The van der Waals surface area contributed by atoms with Crippen molar-refractivity contribution in [1.82, 2.24) is 9.36 Å². The largest absolute Gasteiger partial charge is 0.461 e. The Bertz CT molecular complexity index is 527. The van der Waals surface area contributed by atoms with Crippen LogP contribution in [-0.4, -0.2) is 24.0 Å². The molecule has 2 heterocycles. The lowest BCUT2D eigenvalue weighted by molar-refractivity contribution is 0.577. The van der Waals surface area contributed by atoms with Gasteiger partial charge in [-0.15, -0.1) is 0 Å². The molecule has 2 aromatic rings. The van der Waals surface area contributed by atoms with E-state index in [0.717, 1.165) is 17.8 Å². The highest BCUT2D eigenvalue weighted by molar-refractivity contribution is 7.92. The number of furan rings is 1. The van der Waals surface area contributed by atoms with Gasteiger partial charge in [0.25, 0.3) is 0 Å². The molecule has 7 heteroatoms. The highest BCUT2D eigenvalue weighted by Gasteiger charge is 2.16. The van der Waals surface area contributed by atoms with Crippen LogP contribution in [-0.2, 0) is 9.84 Å². The predicted octanol–water partition coefficient (Wildman–Crippen LogP) is 1.20. The van der Waals surface area contributed by atoms with E-state index in [1.54, 1.807) is 12.1 Å². The number of hydrogen-bond acceptors (Lipinski definition) is 6. The minimum Gasteiger partial charge on any atom is -0.461 e. The van der Waals surface area contributed by atoms with E-state index in [-0.39, 0.29) is 4.34 Å². The van der Waals surface area contributed by atoms with Crippen LogP contribution in [0.15, 0.2) is 27.2 Å². The molecule has 0 spiro atoms. The third kappa shape index (κ3) is 1.68. The van der Waals surface area contributed by atoms with E-state index in [4.69, 9.17) is 4.42 Å². The second kappa shape index (κ2) is 3.18. The van der Waals surface area contributed by atoms with Crippen molar-refractivity contribution in [2.24, 2.45) is 0 Å². The molecule has 0 saturated heterocycles. The van der Waals surface area contributed by atoms with Gasteiger partial charge in [0.1, 0.15) is 0 Å². The quantitative estimate of drug-likeness (QED) is 0.775. The molecule has 14 heavy (non-hydrogen) atoms. The summed E-state index contributed by atoms with van der Waals surface area (Å²) < 4.78 is 31.1. The maximum Gasteiger partial charge on any atom is 0.228 e. The van der Waals surface area contributed by atoms with Crippen LogP contribution in [0.4, 0.5) is 0 Å². The molecule has 0 N–H and O–H groups in total. The smallest absolute Gasteiger partial charge is 0.228 e. The Kier molecular flexibility index (Phi) is 2.12. The number of aromatic nitrogens is 2. The molecule has 2 aromatic heterocycles. The summed E-state index contributed by atoms with van der Waals surface area (Å²) in [6, 6.07) is 3.37. The molecule has 0 aromatic carbocycles. The molecule has 0 unspecified atom stereocenters. The van der Waals surface area contributed by atoms with E-state index < -0.39 is 9.84 Å². The van der Waals surface area contributed by atoms with Gasteiger partial charge in [-0.2, -0.15) is 4.37 Å². The van der Waals surface area contributed by atoms with Crippen molar-refractivity contribution in [3.63, 3.8) is 0 Å². The Labute approximate surface area is 84.5 Å². The Hall–Kier alpha value is -1.21. The summed E-state index contributed by atoms with van der Waals surface area (Å²) in [5.41, 5.74) is 0. The first-order valence-electron chi connectivity index (χ1n) is 3.65. The fourth-order valence-electron chi connectivity index (χ4n) is 0.866. The van der Waals surface area contributed by atoms with Crippen LogP contribution < -0.4 is 0 Å². The first kappa shape index (κ1) is 9.35. The number of nitrogens with zero attached hydrogens (tertiary/aromatic N) is 2. The van der Waals surface area contributed by atoms with E-state index in [1.165, 1.54) is 6.26 Å². The second-order valence-corrected chi connectivity index (χ2v) is 5.57.